The van der Waals surface area contributed by atoms with Crippen molar-refractivity contribution in [3.63, 3.8) is 0 Å². The molecule has 0 saturated carbocycles. The Morgan fingerprint density at radius 1 is 1.38 bits per heavy atom. The van der Waals surface area contributed by atoms with Crippen molar-refractivity contribution in [1.29, 1.82) is 0 Å². The molecule has 1 aromatic rings. The lowest BCUT2D eigenvalue weighted by Crippen LogP contribution is -2.41. The zero-order valence-electron chi connectivity index (χ0n) is 9.47. The van der Waals surface area contributed by atoms with Crippen LogP contribution in [0.1, 0.15) is 17.9 Å². The van der Waals surface area contributed by atoms with E-state index < -0.39 is 5.97 Å². The average molecular weight is 217 g/mol. The molecule has 0 amide bonds. The summed E-state index contributed by atoms with van der Waals surface area (Å²) in [5.41, 5.74) is 1.16. The van der Waals surface area contributed by atoms with E-state index >= 15 is 0 Å². The summed E-state index contributed by atoms with van der Waals surface area (Å²) >= 11 is 0. The maximum atomic E-state index is 11.3. The molecule has 2 atom stereocenters. The fraction of sp³-hybridized carbons (Fsp3) is 0.417. The van der Waals surface area contributed by atoms with Gasteiger partial charge in [0.05, 0.1) is 5.92 Å². The van der Waals surface area contributed by atoms with Gasteiger partial charge in [0.2, 0.25) is 0 Å². The zero-order valence-corrected chi connectivity index (χ0v) is 9.47. The van der Waals surface area contributed by atoms with Crippen LogP contribution >= 0.6 is 0 Å². The molecule has 0 aliphatic carbocycles. The number of rotatable bonds is 2. The van der Waals surface area contributed by atoms with Crippen LogP contribution in [0, 0.1) is 5.92 Å². The first-order valence-electron chi connectivity index (χ1n) is 5.65. The molecular weight excluding hydrogens is 201 g/mol. The first-order chi connectivity index (χ1) is 7.68. The second-order valence-electron chi connectivity index (χ2n) is 4.51. The predicted octanol–water partition coefficient (Wildman–Crippen LogP) is 0.725. The Morgan fingerprint density at radius 3 is 2.69 bits per heavy atom. The Morgan fingerprint density at radius 2 is 2.06 bits per heavy atom. The standard InChI is InChI=1S/C12H16BNO2/c13-14-7-6-10(11(8-14)12(15)16)9-4-2-1-3-5-9/h1-5,10-11H,6-8,13H2,(H,15,16)/t10-,11-/m0/s1. The van der Waals surface area contributed by atoms with Crippen LogP contribution in [-0.4, -0.2) is 37.0 Å². The first-order valence-corrected chi connectivity index (χ1v) is 5.65. The molecule has 1 aromatic carbocycles. The van der Waals surface area contributed by atoms with Crippen molar-refractivity contribution in [2.24, 2.45) is 5.92 Å². The van der Waals surface area contributed by atoms with Gasteiger partial charge in [-0.05, 0) is 24.4 Å². The number of carboxylic acids is 1. The normalized spacial score (nSPS) is 26.5. The van der Waals surface area contributed by atoms with Crippen molar-refractivity contribution in [3.8, 4) is 0 Å². The third-order valence-electron chi connectivity index (χ3n) is 3.36. The van der Waals surface area contributed by atoms with Crippen LogP contribution in [0.3, 0.4) is 0 Å². The smallest absolute Gasteiger partial charge is 0.308 e. The monoisotopic (exact) mass is 217 g/mol. The number of piperidine rings is 1. The quantitative estimate of drug-likeness (QED) is 0.742. The molecule has 1 N–H and O–H groups in total. The molecule has 0 unspecified atom stereocenters. The number of benzene rings is 1. The SMILES string of the molecule is BN1CC[C@@H](c2ccccc2)[C@@H](C(=O)O)C1. The highest BCUT2D eigenvalue weighted by atomic mass is 16.4. The molecule has 0 spiro atoms. The molecule has 1 aliphatic rings. The van der Waals surface area contributed by atoms with Gasteiger partial charge in [0, 0.05) is 6.54 Å². The Bertz CT molecular complexity index is 369. The highest BCUT2D eigenvalue weighted by molar-refractivity contribution is 6.04. The molecule has 0 aromatic heterocycles. The second-order valence-corrected chi connectivity index (χ2v) is 4.51. The van der Waals surface area contributed by atoms with Gasteiger partial charge in [0.25, 0.3) is 0 Å². The Labute approximate surface area is 96.5 Å². The van der Waals surface area contributed by atoms with E-state index in [0.29, 0.717) is 6.54 Å². The molecule has 4 heteroatoms. The summed E-state index contributed by atoms with van der Waals surface area (Å²) < 4.78 is 0. The molecule has 2 rings (SSSR count). The predicted molar refractivity (Wildman–Crippen MR) is 65.0 cm³/mol. The number of hydrogen-bond acceptors (Lipinski definition) is 2. The third-order valence-corrected chi connectivity index (χ3v) is 3.36. The maximum absolute atomic E-state index is 11.3. The fourth-order valence-electron chi connectivity index (χ4n) is 2.46. The lowest BCUT2D eigenvalue weighted by atomic mass is 9.79. The van der Waals surface area contributed by atoms with Gasteiger partial charge in [-0.25, -0.2) is 0 Å². The highest BCUT2D eigenvalue weighted by Gasteiger charge is 2.33. The molecule has 84 valence electrons. The first kappa shape index (κ1) is 11.2. The summed E-state index contributed by atoms with van der Waals surface area (Å²) in [5, 5.41) is 9.26. The molecule has 1 aliphatic heterocycles. The largest absolute Gasteiger partial charge is 0.481 e. The molecule has 16 heavy (non-hydrogen) atoms. The van der Waals surface area contributed by atoms with Gasteiger partial charge in [0.1, 0.15) is 0 Å². The van der Waals surface area contributed by atoms with Crippen LogP contribution in [-0.2, 0) is 4.79 Å². The molecule has 3 nitrogen and oxygen atoms in total. The minimum absolute atomic E-state index is 0.162. The van der Waals surface area contributed by atoms with Gasteiger partial charge in [-0.2, -0.15) is 0 Å². The Kier molecular flexibility index (Phi) is 3.29. The summed E-state index contributed by atoms with van der Waals surface area (Å²) in [5.74, 6) is -0.795. The summed E-state index contributed by atoms with van der Waals surface area (Å²) in [7, 11) is 1.98. The van der Waals surface area contributed by atoms with E-state index in [0.717, 1.165) is 18.5 Å². The molecule has 0 bridgehead atoms. The summed E-state index contributed by atoms with van der Waals surface area (Å²) in [4.78, 5) is 13.4. The van der Waals surface area contributed by atoms with Gasteiger partial charge >= 0.3 is 5.97 Å². The summed E-state index contributed by atoms with van der Waals surface area (Å²) in [6.07, 6.45) is 0.928. The Balaban J connectivity index is 2.22. The average Bonchev–Trinajstić information content (AvgIpc) is 2.30. The third kappa shape index (κ3) is 2.27. The lowest BCUT2D eigenvalue weighted by Gasteiger charge is -2.35. The minimum atomic E-state index is -0.680. The van der Waals surface area contributed by atoms with Crippen LogP contribution in [0.25, 0.3) is 0 Å². The number of nitrogens with zero attached hydrogens (tertiary/aromatic N) is 1. The van der Waals surface area contributed by atoms with E-state index in [1.54, 1.807) is 0 Å². The molecule has 1 heterocycles. The van der Waals surface area contributed by atoms with Crippen LogP contribution in [0.2, 0.25) is 0 Å². The van der Waals surface area contributed by atoms with Crippen molar-refractivity contribution in [1.82, 2.24) is 4.81 Å². The number of carboxylic acid groups (broad SMARTS) is 1. The molecular formula is C12H16BNO2. The van der Waals surface area contributed by atoms with Crippen molar-refractivity contribution in [2.75, 3.05) is 13.1 Å². The summed E-state index contributed by atoms with van der Waals surface area (Å²) in [6.45, 7) is 1.62. The van der Waals surface area contributed by atoms with Crippen LogP contribution in [0.15, 0.2) is 30.3 Å². The van der Waals surface area contributed by atoms with Gasteiger partial charge in [-0.3, -0.25) is 4.79 Å². The maximum Gasteiger partial charge on any atom is 0.308 e. The van der Waals surface area contributed by atoms with E-state index in [-0.39, 0.29) is 11.8 Å². The van der Waals surface area contributed by atoms with Crippen LogP contribution < -0.4 is 0 Å². The van der Waals surface area contributed by atoms with E-state index in [1.165, 1.54) is 0 Å². The molecule has 0 radical (unpaired) electrons. The van der Waals surface area contributed by atoms with Crippen molar-refractivity contribution in [2.45, 2.75) is 12.3 Å². The number of aliphatic carboxylic acids is 1. The van der Waals surface area contributed by atoms with Crippen LogP contribution in [0.5, 0.6) is 0 Å². The topological polar surface area (TPSA) is 40.5 Å². The highest BCUT2D eigenvalue weighted by Crippen LogP contribution is 2.32. The van der Waals surface area contributed by atoms with E-state index in [1.807, 2.05) is 38.3 Å². The fourth-order valence-corrected chi connectivity index (χ4v) is 2.46. The van der Waals surface area contributed by atoms with Gasteiger partial charge in [-0.15, -0.1) is 0 Å². The van der Waals surface area contributed by atoms with Crippen molar-refractivity contribution >= 4 is 14.0 Å². The van der Waals surface area contributed by atoms with E-state index in [9.17, 15) is 9.90 Å². The summed E-state index contributed by atoms with van der Waals surface area (Å²) in [6, 6.07) is 9.99. The number of hydrogen-bond donors (Lipinski definition) is 1. The molecule has 1 saturated heterocycles. The second kappa shape index (κ2) is 4.70. The zero-order chi connectivity index (χ0) is 11.5. The van der Waals surface area contributed by atoms with E-state index in [2.05, 4.69) is 4.81 Å². The number of carbonyl (C=O) groups is 1. The van der Waals surface area contributed by atoms with Gasteiger partial charge in [-0.1, -0.05) is 30.3 Å². The van der Waals surface area contributed by atoms with Crippen molar-refractivity contribution in [3.05, 3.63) is 35.9 Å². The van der Waals surface area contributed by atoms with Crippen molar-refractivity contribution < 1.29 is 9.90 Å². The van der Waals surface area contributed by atoms with Gasteiger partial charge in [0.15, 0.2) is 7.98 Å². The minimum Gasteiger partial charge on any atom is -0.481 e. The van der Waals surface area contributed by atoms with Crippen LogP contribution in [0.4, 0.5) is 0 Å². The van der Waals surface area contributed by atoms with Gasteiger partial charge < -0.3 is 9.92 Å². The van der Waals surface area contributed by atoms with E-state index in [4.69, 9.17) is 0 Å². The lowest BCUT2D eigenvalue weighted by molar-refractivity contribution is -0.143. The molecule has 1 fully saturated rings. The Hall–Kier alpha value is -1.29.